The SMILES string of the molecule is N#CC(=Cc1ccccc1)C(=O)O.O=C(O)CC1=CC2=CC=C3C=CC(=CC=C1CC2)CC3.O=C(O)c1cc(Br)c(O)c(Br)c1. The highest BCUT2D eigenvalue weighted by Crippen LogP contribution is 2.33. The van der Waals surface area contributed by atoms with E-state index in [0.717, 1.165) is 31.3 Å². The van der Waals surface area contributed by atoms with Gasteiger partial charge in [0.25, 0.3) is 0 Å². The lowest BCUT2D eigenvalue weighted by Gasteiger charge is -2.19. The Bertz CT molecular complexity index is 1710. The lowest BCUT2D eigenvalue weighted by molar-refractivity contribution is -0.136. The average molecular weight is 735 g/mol. The number of carboxylic acid groups (broad SMARTS) is 3. The molecule has 230 valence electrons. The van der Waals surface area contributed by atoms with E-state index in [1.807, 2.05) is 6.07 Å². The van der Waals surface area contributed by atoms with Gasteiger partial charge in [0.2, 0.25) is 0 Å². The summed E-state index contributed by atoms with van der Waals surface area (Å²) in [6.45, 7) is 0. The zero-order valence-electron chi connectivity index (χ0n) is 23.9. The summed E-state index contributed by atoms with van der Waals surface area (Å²) in [5.74, 6) is -2.99. The number of rotatable bonds is 5. The predicted molar refractivity (Wildman–Crippen MR) is 178 cm³/mol. The summed E-state index contributed by atoms with van der Waals surface area (Å²) in [7, 11) is 0. The number of nitriles is 1. The van der Waals surface area contributed by atoms with Crippen molar-refractivity contribution in [3.05, 3.63) is 139 Å². The van der Waals surface area contributed by atoms with Crippen LogP contribution in [-0.2, 0) is 9.59 Å². The van der Waals surface area contributed by atoms with Crippen LogP contribution < -0.4 is 0 Å². The quantitative estimate of drug-likeness (QED) is 0.176. The van der Waals surface area contributed by atoms with Crippen molar-refractivity contribution in [2.24, 2.45) is 0 Å². The largest absolute Gasteiger partial charge is 0.506 e. The van der Waals surface area contributed by atoms with Crippen molar-refractivity contribution in [1.29, 1.82) is 5.26 Å². The van der Waals surface area contributed by atoms with Crippen molar-refractivity contribution in [2.75, 3.05) is 0 Å². The monoisotopic (exact) mass is 733 g/mol. The number of nitrogens with zero attached hydrogens (tertiary/aromatic N) is 1. The van der Waals surface area contributed by atoms with Crippen LogP contribution in [0, 0.1) is 11.3 Å². The molecule has 10 heteroatoms. The molecular formula is C35H29Br2NO7. The standard InChI is InChI=1S/C18H18O2.C10H7NO2.C7H4Br2O3/c19-18(20)12-17-11-15-6-5-13-1-3-14(4-2-13)7-9-16(17)10-8-15;11-7-9(10(12)13)6-8-4-2-1-3-5-8;8-4-1-3(7(11)12)2-5(9)6(4)10/h1,3,5-7,9,11H,2,4,8,10,12H2,(H,19,20);1-6H,(H,12,13);1-2,10H,(H,11,12). The van der Waals surface area contributed by atoms with Crippen LogP contribution in [0.5, 0.6) is 5.75 Å². The third-order valence-corrected chi connectivity index (χ3v) is 7.95. The molecule has 2 aromatic carbocycles. The van der Waals surface area contributed by atoms with Gasteiger partial charge in [-0.1, -0.05) is 72.9 Å². The van der Waals surface area contributed by atoms with Gasteiger partial charge in [0.05, 0.1) is 20.9 Å². The Hall–Kier alpha value is -4.72. The molecule has 0 radical (unpaired) electrons. The molecule has 4 bridgehead atoms. The summed E-state index contributed by atoms with van der Waals surface area (Å²) in [4.78, 5) is 32.0. The van der Waals surface area contributed by atoms with Gasteiger partial charge in [0.1, 0.15) is 17.4 Å². The van der Waals surface area contributed by atoms with E-state index in [-0.39, 0.29) is 23.3 Å². The van der Waals surface area contributed by atoms with Gasteiger partial charge < -0.3 is 20.4 Å². The highest BCUT2D eigenvalue weighted by molar-refractivity contribution is 9.11. The topological polar surface area (TPSA) is 156 Å². The second kappa shape index (κ2) is 16.9. The third kappa shape index (κ3) is 11.1. The number of carboxylic acids is 3. The van der Waals surface area contributed by atoms with Gasteiger partial charge >= 0.3 is 17.9 Å². The molecule has 0 unspecified atom stereocenters. The minimum Gasteiger partial charge on any atom is -0.506 e. The Morgan fingerprint density at radius 3 is 1.89 bits per heavy atom. The number of aromatic hydroxyl groups is 1. The number of aliphatic carboxylic acids is 2. The van der Waals surface area contributed by atoms with E-state index in [1.165, 1.54) is 40.5 Å². The molecule has 0 amide bonds. The molecule has 0 saturated carbocycles. The molecule has 0 aromatic heterocycles. The molecule has 4 N–H and O–H groups in total. The minimum absolute atomic E-state index is 0.000000000000000222. The van der Waals surface area contributed by atoms with Crippen LogP contribution in [0.4, 0.5) is 0 Å². The molecule has 6 aliphatic carbocycles. The highest BCUT2D eigenvalue weighted by Gasteiger charge is 2.16. The van der Waals surface area contributed by atoms with Crippen LogP contribution in [0.15, 0.2) is 127 Å². The number of hydrogen-bond acceptors (Lipinski definition) is 5. The third-order valence-electron chi connectivity index (χ3n) is 6.75. The highest BCUT2D eigenvalue weighted by atomic mass is 79.9. The Morgan fingerprint density at radius 1 is 0.822 bits per heavy atom. The Labute approximate surface area is 277 Å². The van der Waals surface area contributed by atoms with Gasteiger partial charge in [-0.05, 0) is 109 Å². The Balaban J connectivity index is 0.000000194. The number of aromatic carboxylic acids is 1. The summed E-state index contributed by atoms with van der Waals surface area (Å²) in [5.41, 5.74) is 6.58. The van der Waals surface area contributed by atoms with Crippen molar-refractivity contribution in [1.82, 2.24) is 0 Å². The first kappa shape index (κ1) is 34.8. The summed E-state index contributed by atoms with van der Waals surface area (Å²) in [6, 6.07) is 13.1. The van der Waals surface area contributed by atoms with Gasteiger partial charge in [-0.3, -0.25) is 4.79 Å². The molecule has 0 fully saturated rings. The second-order valence-corrected chi connectivity index (χ2v) is 11.7. The number of halogens is 2. The Morgan fingerprint density at radius 2 is 1.38 bits per heavy atom. The van der Waals surface area contributed by atoms with Gasteiger partial charge in [-0.2, -0.15) is 5.26 Å². The average Bonchev–Trinajstić information content (AvgIpc) is 3.01. The maximum absolute atomic E-state index is 11.0. The minimum atomic E-state index is -1.20. The molecular weight excluding hydrogens is 706 g/mol. The van der Waals surface area contributed by atoms with Crippen LogP contribution in [0.3, 0.4) is 0 Å². The lowest BCUT2D eigenvalue weighted by Crippen LogP contribution is -2.05. The van der Waals surface area contributed by atoms with E-state index in [4.69, 9.17) is 20.6 Å². The van der Waals surface area contributed by atoms with Crippen LogP contribution in [-0.4, -0.2) is 38.3 Å². The first-order valence-electron chi connectivity index (χ1n) is 13.7. The number of phenolic OH excluding ortho intramolecular Hbond substituents is 1. The summed E-state index contributed by atoms with van der Waals surface area (Å²) in [6.07, 6.45) is 20.5. The summed E-state index contributed by atoms with van der Waals surface area (Å²) in [5, 5.41) is 43.9. The summed E-state index contributed by atoms with van der Waals surface area (Å²) >= 11 is 6.04. The van der Waals surface area contributed by atoms with Gasteiger partial charge in [-0.15, -0.1) is 0 Å². The zero-order chi connectivity index (χ0) is 32.9. The molecule has 0 spiro atoms. The fourth-order valence-electron chi connectivity index (χ4n) is 4.39. The summed E-state index contributed by atoms with van der Waals surface area (Å²) < 4.78 is 0.712. The number of carbonyl (C=O) groups is 3. The number of hydrogen-bond donors (Lipinski definition) is 4. The van der Waals surface area contributed by atoms with Gasteiger partial charge in [0, 0.05) is 0 Å². The van der Waals surface area contributed by atoms with Gasteiger partial charge in [0.15, 0.2) is 0 Å². The van der Waals surface area contributed by atoms with E-state index >= 15 is 0 Å². The molecule has 45 heavy (non-hydrogen) atoms. The van der Waals surface area contributed by atoms with Crippen molar-refractivity contribution in [3.63, 3.8) is 0 Å². The maximum atomic E-state index is 11.0. The number of benzene rings is 2. The molecule has 0 atom stereocenters. The van der Waals surface area contributed by atoms with E-state index in [2.05, 4.69) is 74.4 Å². The van der Waals surface area contributed by atoms with Gasteiger partial charge in [-0.25, -0.2) is 9.59 Å². The Kier molecular flexibility index (Phi) is 13.1. The van der Waals surface area contributed by atoms with E-state index < -0.39 is 17.9 Å². The first-order valence-corrected chi connectivity index (χ1v) is 15.3. The molecule has 0 aliphatic heterocycles. The molecule has 2 aromatic rings. The van der Waals surface area contributed by atoms with Crippen molar-refractivity contribution in [2.45, 2.75) is 32.1 Å². The van der Waals surface area contributed by atoms with Crippen LogP contribution in [0.25, 0.3) is 6.08 Å². The van der Waals surface area contributed by atoms with Crippen LogP contribution in [0.1, 0.15) is 48.0 Å². The fourth-order valence-corrected chi connectivity index (χ4v) is 5.58. The maximum Gasteiger partial charge on any atom is 0.346 e. The molecule has 8 rings (SSSR count). The first-order chi connectivity index (χ1) is 21.5. The predicted octanol–water partition coefficient (Wildman–Crippen LogP) is 8.54. The fraction of sp³-hybridized carbons (Fsp3) is 0.143. The van der Waals surface area contributed by atoms with Crippen molar-refractivity contribution < 1.29 is 34.8 Å². The normalized spacial score (nSPS) is 15.0. The number of allylic oxidation sites excluding steroid dienone is 11. The van der Waals surface area contributed by atoms with Crippen LogP contribution >= 0.6 is 31.9 Å². The lowest BCUT2D eigenvalue weighted by atomic mass is 9.86. The molecule has 0 heterocycles. The van der Waals surface area contributed by atoms with E-state index in [0.29, 0.717) is 14.5 Å². The van der Waals surface area contributed by atoms with Crippen molar-refractivity contribution >= 4 is 55.8 Å². The van der Waals surface area contributed by atoms with Crippen LogP contribution in [0.2, 0.25) is 0 Å². The van der Waals surface area contributed by atoms with Crippen molar-refractivity contribution in [3.8, 4) is 11.8 Å². The molecule has 0 saturated heterocycles. The molecule has 8 nitrogen and oxygen atoms in total. The second-order valence-electron chi connectivity index (χ2n) is 9.97. The zero-order valence-corrected chi connectivity index (χ0v) is 27.1. The number of phenols is 1. The molecule has 6 aliphatic rings. The van der Waals surface area contributed by atoms with E-state index in [9.17, 15) is 19.5 Å². The smallest absolute Gasteiger partial charge is 0.346 e. The van der Waals surface area contributed by atoms with E-state index in [1.54, 1.807) is 30.3 Å².